The summed E-state index contributed by atoms with van der Waals surface area (Å²) in [6, 6.07) is 14.8. The minimum absolute atomic E-state index is 0.252. The molecule has 0 heterocycles. The van der Waals surface area contributed by atoms with E-state index in [-0.39, 0.29) is 5.82 Å². The number of hydrogen-bond acceptors (Lipinski definition) is 1. The van der Waals surface area contributed by atoms with Gasteiger partial charge in [-0.1, -0.05) is 36.4 Å². The van der Waals surface area contributed by atoms with Crippen LogP contribution in [0.15, 0.2) is 48.5 Å². The van der Waals surface area contributed by atoms with E-state index in [9.17, 15) is 9.50 Å². The third kappa shape index (κ3) is 3.90. The topological polar surface area (TPSA) is 20.2 Å². The normalized spacial score (nSPS) is 12.4. The molecule has 2 aromatic carbocycles. The van der Waals surface area contributed by atoms with Gasteiger partial charge in [-0.25, -0.2) is 4.39 Å². The minimum atomic E-state index is -0.510. The van der Waals surface area contributed by atoms with E-state index < -0.39 is 6.10 Å². The minimum Gasteiger partial charge on any atom is -0.388 e. The van der Waals surface area contributed by atoms with Gasteiger partial charge in [-0.2, -0.15) is 0 Å². The van der Waals surface area contributed by atoms with Crippen molar-refractivity contribution < 1.29 is 9.50 Å². The summed E-state index contributed by atoms with van der Waals surface area (Å²) in [5.41, 5.74) is 2.92. The van der Waals surface area contributed by atoms with E-state index in [2.05, 4.69) is 12.1 Å². The Kier molecular flexibility index (Phi) is 4.69. The van der Waals surface area contributed by atoms with Crippen molar-refractivity contribution in [1.82, 2.24) is 0 Å². The first-order valence-electron chi connectivity index (χ1n) is 6.65. The molecule has 1 N–H and O–H groups in total. The van der Waals surface area contributed by atoms with Crippen LogP contribution in [0.25, 0.3) is 0 Å². The van der Waals surface area contributed by atoms with Crippen LogP contribution in [0.3, 0.4) is 0 Å². The van der Waals surface area contributed by atoms with Crippen LogP contribution >= 0.6 is 0 Å². The molecule has 0 saturated carbocycles. The van der Waals surface area contributed by atoms with Gasteiger partial charge >= 0.3 is 0 Å². The summed E-state index contributed by atoms with van der Waals surface area (Å²) in [4.78, 5) is 0. The Morgan fingerprint density at radius 3 is 2.53 bits per heavy atom. The molecule has 2 heteroatoms. The molecule has 0 spiro atoms. The Labute approximate surface area is 113 Å². The van der Waals surface area contributed by atoms with Crippen molar-refractivity contribution in [3.63, 3.8) is 0 Å². The Morgan fingerprint density at radius 2 is 1.84 bits per heavy atom. The zero-order valence-electron chi connectivity index (χ0n) is 11.1. The standard InChI is InChI=1S/C17H19FO/c1-13-12-15(18)10-11-16(13)17(19)9-5-8-14-6-3-2-4-7-14/h2-4,6-7,10-12,17,19H,5,8-9H2,1H3. The highest BCUT2D eigenvalue weighted by molar-refractivity contribution is 5.28. The molecule has 0 aliphatic heterocycles. The number of rotatable bonds is 5. The molecule has 19 heavy (non-hydrogen) atoms. The lowest BCUT2D eigenvalue weighted by Crippen LogP contribution is -2.01. The Bertz CT molecular complexity index is 522. The van der Waals surface area contributed by atoms with Crippen molar-refractivity contribution in [3.8, 4) is 0 Å². The third-order valence-electron chi connectivity index (χ3n) is 3.38. The zero-order valence-corrected chi connectivity index (χ0v) is 11.1. The summed E-state index contributed by atoms with van der Waals surface area (Å²) in [5, 5.41) is 10.1. The SMILES string of the molecule is Cc1cc(F)ccc1C(O)CCCc1ccccc1. The van der Waals surface area contributed by atoms with Crippen molar-refractivity contribution in [1.29, 1.82) is 0 Å². The molecule has 1 unspecified atom stereocenters. The fourth-order valence-electron chi connectivity index (χ4n) is 2.31. The second kappa shape index (κ2) is 6.48. The van der Waals surface area contributed by atoms with Gasteiger partial charge in [0.2, 0.25) is 0 Å². The molecule has 1 nitrogen and oxygen atoms in total. The molecule has 0 aliphatic carbocycles. The van der Waals surface area contributed by atoms with Gasteiger partial charge in [0.25, 0.3) is 0 Å². The van der Waals surface area contributed by atoms with Crippen molar-refractivity contribution >= 4 is 0 Å². The van der Waals surface area contributed by atoms with Crippen LogP contribution in [0, 0.1) is 12.7 Å². The van der Waals surface area contributed by atoms with E-state index in [1.807, 2.05) is 25.1 Å². The monoisotopic (exact) mass is 258 g/mol. The maximum absolute atomic E-state index is 13.0. The molecule has 0 aromatic heterocycles. The average molecular weight is 258 g/mol. The van der Waals surface area contributed by atoms with Gasteiger partial charge in [0, 0.05) is 0 Å². The van der Waals surface area contributed by atoms with Crippen LogP contribution in [-0.4, -0.2) is 5.11 Å². The smallest absolute Gasteiger partial charge is 0.123 e. The van der Waals surface area contributed by atoms with Crippen LogP contribution in [0.1, 0.15) is 35.6 Å². The van der Waals surface area contributed by atoms with E-state index in [4.69, 9.17) is 0 Å². The number of halogens is 1. The number of aliphatic hydroxyl groups excluding tert-OH is 1. The van der Waals surface area contributed by atoms with Gasteiger partial charge in [-0.15, -0.1) is 0 Å². The first kappa shape index (κ1) is 13.8. The highest BCUT2D eigenvalue weighted by Crippen LogP contribution is 2.23. The van der Waals surface area contributed by atoms with Crippen LogP contribution in [0.5, 0.6) is 0 Å². The number of benzene rings is 2. The van der Waals surface area contributed by atoms with Crippen molar-refractivity contribution in [2.24, 2.45) is 0 Å². The molecule has 0 aliphatic rings. The van der Waals surface area contributed by atoms with E-state index >= 15 is 0 Å². The molecule has 0 radical (unpaired) electrons. The van der Waals surface area contributed by atoms with Gasteiger partial charge in [0.05, 0.1) is 6.10 Å². The molecule has 0 fully saturated rings. The van der Waals surface area contributed by atoms with Gasteiger partial charge in [0.15, 0.2) is 0 Å². The van der Waals surface area contributed by atoms with Crippen LogP contribution in [0.4, 0.5) is 4.39 Å². The number of aliphatic hydroxyl groups is 1. The summed E-state index contributed by atoms with van der Waals surface area (Å²) >= 11 is 0. The van der Waals surface area contributed by atoms with Gasteiger partial charge < -0.3 is 5.11 Å². The Balaban J connectivity index is 1.89. The van der Waals surface area contributed by atoms with E-state index in [0.717, 1.165) is 24.0 Å². The number of hydrogen-bond donors (Lipinski definition) is 1. The second-order valence-corrected chi connectivity index (χ2v) is 4.89. The van der Waals surface area contributed by atoms with Crippen molar-refractivity contribution in [2.45, 2.75) is 32.3 Å². The van der Waals surface area contributed by atoms with Gasteiger partial charge in [-0.05, 0) is 55.0 Å². The Morgan fingerprint density at radius 1 is 1.11 bits per heavy atom. The van der Waals surface area contributed by atoms with Gasteiger partial charge in [0.1, 0.15) is 5.82 Å². The maximum atomic E-state index is 13.0. The second-order valence-electron chi connectivity index (χ2n) is 4.89. The molecule has 0 saturated heterocycles. The quantitative estimate of drug-likeness (QED) is 0.852. The highest BCUT2D eigenvalue weighted by Gasteiger charge is 2.10. The maximum Gasteiger partial charge on any atom is 0.123 e. The molecule has 1 atom stereocenters. The van der Waals surface area contributed by atoms with E-state index in [0.29, 0.717) is 6.42 Å². The Hall–Kier alpha value is -1.67. The molecule has 2 aromatic rings. The van der Waals surface area contributed by atoms with Crippen LogP contribution in [-0.2, 0) is 6.42 Å². The molecule has 0 amide bonds. The first-order chi connectivity index (χ1) is 9.16. The summed E-state index contributed by atoms with van der Waals surface area (Å²) < 4.78 is 13.0. The van der Waals surface area contributed by atoms with Crippen molar-refractivity contribution in [3.05, 3.63) is 71.0 Å². The molecular weight excluding hydrogens is 239 g/mol. The molecule has 2 rings (SSSR count). The first-order valence-corrected chi connectivity index (χ1v) is 6.65. The zero-order chi connectivity index (χ0) is 13.7. The fraction of sp³-hybridized carbons (Fsp3) is 0.294. The van der Waals surface area contributed by atoms with E-state index in [1.54, 1.807) is 6.07 Å². The third-order valence-corrected chi connectivity index (χ3v) is 3.38. The summed E-state index contributed by atoms with van der Waals surface area (Å²) in [5.74, 6) is -0.252. The van der Waals surface area contributed by atoms with Crippen LogP contribution < -0.4 is 0 Å². The van der Waals surface area contributed by atoms with Gasteiger partial charge in [-0.3, -0.25) is 0 Å². The van der Waals surface area contributed by atoms with Crippen molar-refractivity contribution in [2.75, 3.05) is 0 Å². The highest BCUT2D eigenvalue weighted by atomic mass is 19.1. The predicted octanol–water partition coefficient (Wildman–Crippen LogP) is 4.19. The van der Waals surface area contributed by atoms with E-state index in [1.165, 1.54) is 17.7 Å². The summed E-state index contributed by atoms with van der Waals surface area (Å²) in [6.07, 6.45) is 2.06. The summed E-state index contributed by atoms with van der Waals surface area (Å²) in [7, 11) is 0. The van der Waals surface area contributed by atoms with Crippen LogP contribution in [0.2, 0.25) is 0 Å². The number of aryl methyl sites for hydroxylation is 2. The largest absolute Gasteiger partial charge is 0.388 e. The fourth-order valence-corrected chi connectivity index (χ4v) is 2.31. The molecular formula is C17H19FO. The summed E-state index contributed by atoms with van der Waals surface area (Å²) in [6.45, 7) is 1.83. The lowest BCUT2D eigenvalue weighted by atomic mass is 9.98. The lowest BCUT2D eigenvalue weighted by molar-refractivity contribution is 0.164. The lowest BCUT2D eigenvalue weighted by Gasteiger charge is -2.13. The molecule has 0 bridgehead atoms. The molecule has 100 valence electrons. The average Bonchev–Trinajstić information content (AvgIpc) is 2.39. The predicted molar refractivity (Wildman–Crippen MR) is 75.5 cm³/mol.